The van der Waals surface area contributed by atoms with Crippen LogP contribution in [0.1, 0.15) is 25.5 Å². The molecule has 0 unspecified atom stereocenters. The first-order valence-electron chi connectivity index (χ1n) is 6.68. The molecule has 1 aliphatic heterocycles. The number of piperidine rings is 1. The highest BCUT2D eigenvalue weighted by molar-refractivity contribution is 7.80. The van der Waals surface area contributed by atoms with E-state index in [1.807, 2.05) is 0 Å². The van der Waals surface area contributed by atoms with Crippen molar-refractivity contribution in [1.29, 1.82) is 0 Å². The highest BCUT2D eigenvalue weighted by Gasteiger charge is 2.21. The fraction of sp³-hybridized carbons (Fsp3) is 0.538. The number of hydrogen-bond donors (Lipinski definition) is 2. The van der Waals surface area contributed by atoms with Gasteiger partial charge in [-0.2, -0.15) is 0 Å². The van der Waals surface area contributed by atoms with E-state index >= 15 is 0 Å². The van der Waals surface area contributed by atoms with E-state index in [-0.39, 0.29) is 10.9 Å². The molecule has 0 aliphatic carbocycles. The predicted octanol–water partition coefficient (Wildman–Crippen LogP) is 0.463. The van der Waals surface area contributed by atoms with Gasteiger partial charge in [0.05, 0.1) is 0 Å². The molecule has 1 amide bonds. The van der Waals surface area contributed by atoms with Gasteiger partial charge in [0.1, 0.15) is 10.7 Å². The Labute approximate surface area is 123 Å². The Morgan fingerprint density at radius 2 is 2.25 bits per heavy atom. The van der Waals surface area contributed by atoms with Crippen molar-refractivity contribution in [2.45, 2.75) is 19.8 Å². The first-order chi connectivity index (χ1) is 9.56. The van der Waals surface area contributed by atoms with E-state index in [9.17, 15) is 4.79 Å². The standard InChI is InChI=1S/C13H19N5OS/c1-9(19)16-8-10-3-6-18(7-4-10)13-15-5-2-11(17-13)12(14)20/h2,5,10H,3-4,6-8H2,1H3,(H2,14,20)(H,16,19). The van der Waals surface area contributed by atoms with Gasteiger partial charge in [0.25, 0.3) is 0 Å². The van der Waals surface area contributed by atoms with E-state index in [0.29, 0.717) is 17.6 Å². The Kier molecular flexibility index (Phi) is 4.84. The lowest BCUT2D eigenvalue weighted by atomic mass is 9.97. The summed E-state index contributed by atoms with van der Waals surface area (Å²) in [5, 5.41) is 2.87. The molecule has 1 fully saturated rings. The summed E-state index contributed by atoms with van der Waals surface area (Å²) in [4.78, 5) is 22.0. The molecule has 1 aromatic rings. The number of nitrogens with two attached hydrogens (primary N) is 1. The van der Waals surface area contributed by atoms with Gasteiger partial charge in [-0.3, -0.25) is 4.79 Å². The van der Waals surface area contributed by atoms with Crippen LogP contribution >= 0.6 is 12.2 Å². The van der Waals surface area contributed by atoms with E-state index in [4.69, 9.17) is 18.0 Å². The second kappa shape index (κ2) is 6.60. The molecule has 0 atom stereocenters. The normalized spacial score (nSPS) is 15.9. The SMILES string of the molecule is CC(=O)NCC1CCN(c2nccc(C(N)=S)n2)CC1. The lowest BCUT2D eigenvalue weighted by Gasteiger charge is -2.32. The Morgan fingerprint density at radius 3 is 2.85 bits per heavy atom. The van der Waals surface area contributed by atoms with Gasteiger partial charge in [-0.1, -0.05) is 12.2 Å². The third-order valence-corrected chi connectivity index (χ3v) is 3.64. The summed E-state index contributed by atoms with van der Waals surface area (Å²) in [6, 6.07) is 1.72. The summed E-state index contributed by atoms with van der Waals surface area (Å²) >= 11 is 4.93. The van der Waals surface area contributed by atoms with Crippen LogP contribution < -0.4 is 16.0 Å². The zero-order valence-electron chi connectivity index (χ0n) is 11.5. The van der Waals surface area contributed by atoms with E-state index in [1.165, 1.54) is 0 Å². The van der Waals surface area contributed by atoms with Crippen molar-refractivity contribution in [3.8, 4) is 0 Å². The zero-order valence-corrected chi connectivity index (χ0v) is 12.3. The number of nitrogens with one attached hydrogen (secondary N) is 1. The maximum Gasteiger partial charge on any atom is 0.225 e. The minimum atomic E-state index is 0.0277. The van der Waals surface area contributed by atoms with E-state index in [0.717, 1.165) is 32.5 Å². The molecule has 20 heavy (non-hydrogen) atoms. The molecule has 2 rings (SSSR count). The zero-order chi connectivity index (χ0) is 14.5. The van der Waals surface area contributed by atoms with Gasteiger partial charge < -0.3 is 16.0 Å². The molecule has 108 valence electrons. The summed E-state index contributed by atoms with van der Waals surface area (Å²) < 4.78 is 0. The van der Waals surface area contributed by atoms with Gasteiger partial charge in [0.2, 0.25) is 11.9 Å². The van der Waals surface area contributed by atoms with Crippen LogP contribution in [0.3, 0.4) is 0 Å². The van der Waals surface area contributed by atoms with Crippen molar-refractivity contribution in [1.82, 2.24) is 15.3 Å². The molecule has 7 heteroatoms. The lowest BCUT2D eigenvalue weighted by Crippen LogP contribution is -2.39. The van der Waals surface area contributed by atoms with Crippen LogP contribution in [0, 0.1) is 5.92 Å². The Hall–Kier alpha value is -1.76. The molecule has 6 nitrogen and oxygen atoms in total. The highest BCUT2D eigenvalue weighted by atomic mass is 32.1. The second-order valence-corrected chi connectivity index (χ2v) is 5.41. The monoisotopic (exact) mass is 293 g/mol. The average molecular weight is 293 g/mol. The largest absolute Gasteiger partial charge is 0.388 e. The highest BCUT2D eigenvalue weighted by Crippen LogP contribution is 2.20. The van der Waals surface area contributed by atoms with Crippen molar-refractivity contribution in [3.63, 3.8) is 0 Å². The van der Waals surface area contributed by atoms with Gasteiger partial charge in [0.15, 0.2) is 0 Å². The summed E-state index contributed by atoms with van der Waals surface area (Å²) in [6.45, 7) is 4.05. The number of amides is 1. The van der Waals surface area contributed by atoms with Crippen molar-refractivity contribution in [3.05, 3.63) is 18.0 Å². The number of aromatic nitrogens is 2. The van der Waals surface area contributed by atoms with Crippen LogP contribution in [0.2, 0.25) is 0 Å². The Bertz CT molecular complexity index is 499. The molecule has 1 aromatic heterocycles. The third-order valence-electron chi connectivity index (χ3n) is 3.43. The number of anilines is 1. The molecule has 1 aliphatic rings. The molecular weight excluding hydrogens is 274 g/mol. The van der Waals surface area contributed by atoms with E-state index < -0.39 is 0 Å². The maximum absolute atomic E-state index is 10.9. The topological polar surface area (TPSA) is 84.1 Å². The number of carbonyl (C=O) groups is 1. The van der Waals surface area contributed by atoms with Gasteiger partial charge >= 0.3 is 0 Å². The summed E-state index contributed by atoms with van der Waals surface area (Å²) in [7, 11) is 0. The van der Waals surface area contributed by atoms with Crippen LogP contribution in [0.4, 0.5) is 5.95 Å². The number of thiocarbonyl (C=S) groups is 1. The van der Waals surface area contributed by atoms with Crippen LogP contribution in [-0.4, -0.2) is 40.5 Å². The smallest absolute Gasteiger partial charge is 0.225 e. The van der Waals surface area contributed by atoms with E-state index in [1.54, 1.807) is 19.2 Å². The van der Waals surface area contributed by atoms with Crippen LogP contribution in [0.25, 0.3) is 0 Å². The summed E-state index contributed by atoms with van der Waals surface area (Å²) in [6.07, 6.45) is 3.71. The Morgan fingerprint density at radius 1 is 1.55 bits per heavy atom. The number of hydrogen-bond acceptors (Lipinski definition) is 5. The molecule has 0 radical (unpaired) electrons. The number of rotatable bonds is 4. The molecule has 1 saturated heterocycles. The van der Waals surface area contributed by atoms with Crippen molar-refractivity contribution >= 4 is 29.1 Å². The quantitative estimate of drug-likeness (QED) is 0.785. The van der Waals surface area contributed by atoms with Gasteiger partial charge in [-0.05, 0) is 24.8 Å². The molecule has 0 aromatic carbocycles. The fourth-order valence-corrected chi connectivity index (χ4v) is 2.38. The summed E-state index contributed by atoms with van der Waals surface area (Å²) in [5.41, 5.74) is 6.19. The first kappa shape index (κ1) is 14.6. The van der Waals surface area contributed by atoms with E-state index in [2.05, 4.69) is 20.2 Å². The maximum atomic E-state index is 10.9. The van der Waals surface area contributed by atoms with Crippen LogP contribution in [0.15, 0.2) is 12.3 Å². The number of carbonyl (C=O) groups excluding carboxylic acids is 1. The average Bonchev–Trinajstić information content (AvgIpc) is 2.46. The second-order valence-electron chi connectivity index (χ2n) is 4.97. The molecule has 0 bridgehead atoms. The Balaban J connectivity index is 1.92. The fourth-order valence-electron chi connectivity index (χ4n) is 2.26. The molecule has 3 N–H and O–H groups in total. The molecule has 0 saturated carbocycles. The summed E-state index contributed by atoms with van der Waals surface area (Å²) in [5.74, 6) is 1.22. The molecule has 0 spiro atoms. The lowest BCUT2D eigenvalue weighted by molar-refractivity contribution is -0.119. The van der Waals surface area contributed by atoms with Crippen LogP contribution in [0.5, 0.6) is 0 Å². The van der Waals surface area contributed by atoms with Gasteiger partial charge in [-0.15, -0.1) is 0 Å². The third kappa shape index (κ3) is 3.86. The molecule has 2 heterocycles. The minimum Gasteiger partial charge on any atom is -0.388 e. The van der Waals surface area contributed by atoms with Crippen LogP contribution in [-0.2, 0) is 4.79 Å². The van der Waals surface area contributed by atoms with Gasteiger partial charge in [0, 0.05) is 32.8 Å². The van der Waals surface area contributed by atoms with Gasteiger partial charge in [-0.25, -0.2) is 9.97 Å². The van der Waals surface area contributed by atoms with Crippen molar-refractivity contribution < 1.29 is 4.79 Å². The van der Waals surface area contributed by atoms with Crippen molar-refractivity contribution in [2.24, 2.45) is 11.7 Å². The number of nitrogens with zero attached hydrogens (tertiary/aromatic N) is 3. The minimum absolute atomic E-state index is 0.0277. The van der Waals surface area contributed by atoms with Crippen molar-refractivity contribution in [2.75, 3.05) is 24.5 Å². The molecular formula is C13H19N5OS. The predicted molar refractivity (Wildman–Crippen MR) is 81.5 cm³/mol. The first-order valence-corrected chi connectivity index (χ1v) is 7.09.